The van der Waals surface area contributed by atoms with Crippen molar-refractivity contribution in [1.82, 2.24) is 0 Å². The van der Waals surface area contributed by atoms with Crippen molar-refractivity contribution in [2.45, 2.75) is 372 Å². The van der Waals surface area contributed by atoms with Gasteiger partial charge < -0.3 is 274 Å². The summed E-state index contributed by atoms with van der Waals surface area (Å²) in [7, 11) is 0. The number of hydrogen-bond acceptors (Lipinski definition) is 55. The van der Waals surface area contributed by atoms with Crippen molar-refractivity contribution >= 4 is 11.9 Å². The Morgan fingerprint density at radius 2 is 0.664 bits per heavy atom. The molecule has 57 heteroatoms. The average Bonchev–Trinajstić information content (AvgIpc) is 0.759. The molecule has 0 amide bonds. The third-order valence-electron chi connectivity index (χ3n) is 26.8. The Hall–Kier alpha value is -3.18. The largest absolute Gasteiger partial charge is 0.479 e. The summed E-state index contributed by atoms with van der Waals surface area (Å²) >= 11 is 0. The Morgan fingerprint density at radius 3 is 1.10 bits per heavy atom. The highest BCUT2D eigenvalue weighted by molar-refractivity contribution is 5.76. The monoisotopic (exact) mass is 1960 g/mol. The molecule has 0 spiro atoms. The van der Waals surface area contributed by atoms with E-state index in [-0.39, 0.29) is 0 Å². The van der Waals surface area contributed by atoms with E-state index in [1.165, 1.54) is 20.8 Å². The third-order valence-corrected chi connectivity index (χ3v) is 26.8. The van der Waals surface area contributed by atoms with E-state index in [2.05, 4.69) is 0 Å². The molecule has 11 aliphatic rings. The van der Waals surface area contributed by atoms with E-state index in [4.69, 9.17) is 111 Å². The molecule has 0 aromatic rings. The quantitative estimate of drug-likeness (QED) is 0.0275. The minimum absolute atomic E-state index is 0.584. The molecule has 0 radical (unpaired) electrons. The lowest BCUT2D eigenvalue weighted by atomic mass is 9.88. The van der Waals surface area contributed by atoms with Gasteiger partial charge in [0.05, 0.1) is 121 Å². The molecule has 11 aliphatic heterocycles. The lowest BCUT2D eigenvalue weighted by molar-refractivity contribution is -0.402. The van der Waals surface area contributed by atoms with Crippen LogP contribution in [0.2, 0.25) is 0 Å². The molecule has 0 aliphatic carbocycles. The maximum atomic E-state index is 12.8. The van der Waals surface area contributed by atoms with Crippen molar-refractivity contribution in [3.8, 4) is 0 Å². The van der Waals surface area contributed by atoms with Crippen LogP contribution in [0.4, 0.5) is 0 Å². The highest BCUT2D eigenvalue weighted by Gasteiger charge is 2.63. The Bertz CT molecular complexity index is 3590. The van der Waals surface area contributed by atoms with Gasteiger partial charge >= 0.3 is 11.9 Å². The highest BCUT2D eigenvalue weighted by atomic mass is 16.8. The number of rotatable bonds is 37. The average molecular weight is 1970 g/mol. The predicted molar refractivity (Wildman–Crippen MR) is 417 cm³/mol. The topological polar surface area (TPSA) is 927 Å². The number of hydrogen-bond donors (Lipinski definition) is 34. The maximum absolute atomic E-state index is 12.8. The number of carboxylic acids is 2. The van der Waals surface area contributed by atoms with Crippen LogP contribution < -0.4 is 11.5 Å². The number of carboxylic acid groups (broad SMARTS) is 2. The van der Waals surface area contributed by atoms with Crippen LogP contribution in [0, 0.1) is 23.7 Å². The zero-order valence-corrected chi connectivity index (χ0v) is 72.7. The molecule has 0 bridgehead atoms. The third kappa shape index (κ3) is 23.1. The summed E-state index contributed by atoms with van der Waals surface area (Å²) in [5.41, 5.74) is 12.1. The number of aliphatic carboxylic acids is 2. The molecule has 0 aromatic carbocycles. The molecule has 58 atom stereocenters. The van der Waals surface area contributed by atoms with Gasteiger partial charge in [0.15, 0.2) is 56.4 Å². The first-order valence-corrected chi connectivity index (χ1v) is 43.7. The normalized spacial score (nSPS) is 50.9. The highest BCUT2D eigenvalue weighted by Crippen LogP contribution is 2.44. The fourth-order valence-electron chi connectivity index (χ4n) is 18.1. The molecule has 11 saturated heterocycles. The smallest absolute Gasteiger partial charge is 0.364 e. The van der Waals surface area contributed by atoms with Gasteiger partial charge in [-0.05, 0) is 6.92 Å². The second kappa shape index (κ2) is 47.6. The van der Waals surface area contributed by atoms with Crippen molar-refractivity contribution in [3.63, 3.8) is 0 Å². The Labute approximate surface area is 761 Å². The van der Waals surface area contributed by atoms with Crippen LogP contribution in [0.1, 0.15) is 41.0 Å². The van der Waals surface area contributed by atoms with Gasteiger partial charge in [0.25, 0.3) is 5.79 Å². The summed E-state index contributed by atoms with van der Waals surface area (Å²) in [6.45, 7) is -4.64. The molecular weight excluding hydrogens is 1830 g/mol. The van der Waals surface area contributed by atoms with Gasteiger partial charge in [0.2, 0.25) is 0 Å². The summed E-state index contributed by atoms with van der Waals surface area (Å²) < 4.78 is 126. The van der Waals surface area contributed by atoms with Gasteiger partial charge in [-0.15, -0.1) is 0 Å². The van der Waals surface area contributed by atoms with Gasteiger partial charge in [-0.2, -0.15) is 0 Å². The molecule has 11 heterocycles. The lowest BCUT2D eigenvalue weighted by Crippen LogP contribution is -2.70. The van der Waals surface area contributed by atoms with Crippen LogP contribution in [0.15, 0.2) is 0 Å². The minimum atomic E-state index is -2.96. The zero-order valence-electron chi connectivity index (χ0n) is 72.7. The van der Waals surface area contributed by atoms with Gasteiger partial charge in [-0.3, -0.25) is 0 Å². The summed E-state index contributed by atoms with van der Waals surface area (Å²) in [4.78, 5) is 25.5. The molecule has 21 unspecified atom stereocenters. The van der Waals surface area contributed by atoms with E-state index < -0.39 is 445 Å². The Balaban J connectivity index is 0.835. The Kier molecular flexibility index (Phi) is 39.5. The van der Waals surface area contributed by atoms with E-state index in [0.717, 1.165) is 0 Å². The minimum Gasteiger partial charge on any atom is -0.479 e. The molecule has 11 rings (SSSR count). The maximum Gasteiger partial charge on any atom is 0.364 e. The molecule has 36 N–H and O–H groups in total. The van der Waals surface area contributed by atoms with E-state index in [1.807, 2.05) is 0 Å². The fourth-order valence-corrected chi connectivity index (χ4v) is 18.1. The van der Waals surface area contributed by atoms with Gasteiger partial charge in [-0.1, -0.05) is 27.7 Å². The molecular formula is C77H132N2O55. The first-order chi connectivity index (χ1) is 63.3. The molecule has 0 aromatic heterocycles. The van der Waals surface area contributed by atoms with Gasteiger partial charge in [-0.25, -0.2) is 9.59 Å². The van der Waals surface area contributed by atoms with Crippen molar-refractivity contribution in [2.24, 2.45) is 35.1 Å². The number of carbonyl (C=O) groups is 2. The van der Waals surface area contributed by atoms with Crippen LogP contribution in [-0.2, 0) is 109 Å². The van der Waals surface area contributed by atoms with Gasteiger partial charge in [0.1, 0.15) is 220 Å². The van der Waals surface area contributed by atoms with Crippen LogP contribution in [-0.4, -0.2) is 579 Å². The number of aliphatic hydroxyl groups excluding tert-OH is 30. The van der Waals surface area contributed by atoms with Gasteiger partial charge in [0, 0.05) is 30.1 Å². The predicted octanol–water partition coefficient (Wildman–Crippen LogP) is -20.8. The second-order valence-corrected chi connectivity index (χ2v) is 35.6. The molecule has 57 nitrogen and oxygen atoms in total. The Morgan fingerprint density at radius 1 is 0.321 bits per heavy atom. The van der Waals surface area contributed by atoms with E-state index in [9.17, 15) is 173 Å². The molecule has 0 saturated carbocycles. The molecule has 780 valence electrons. The lowest BCUT2D eigenvalue weighted by Gasteiger charge is -2.51. The summed E-state index contributed by atoms with van der Waals surface area (Å²) in [5.74, 6) is -11.6. The van der Waals surface area contributed by atoms with E-state index in [0.29, 0.717) is 0 Å². The fraction of sp³-hybridized carbons (Fsp3) is 0.974. The SMILES string of the molecule is CC1C(O)[C@H](O[C@@H]2OC(CO[C@]3(C(=O)O)C[C@@H](O)[C@@H](N)C([C@H](O)[C@H](O)CO)O3)[C@H](O)C(O)[C@@H]2O)[C@H](CO)O[C@H]1O[C@@H]1C(O)[C@H](O)C(CO)O[C@@H]1OCC1O[C@@H](O[C@@H]2C(CO)O[C@@H](O[C@@H]3C(CO)O[C@@H](C)[C@@H](C)C3O)C(C)[C@H]2O)[C@H](O)C(O[C@H]2O[C@H](CO)[C@@H](O)C(O)C2O[C@@H]2OC(CO)[C@@H](O[C@@H]3OC(CO)[C@H](O)C(O[C@H]4C(O)[C@@H](N)C([C@H](O)[C@H](O)CO)O[C@H]4C(=O)O)[C@@H]3O)C(O)[C@@H]2C)[C@@H]1O. The van der Waals surface area contributed by atoms with Crippen LogP contribution in [0.3, 0.4) is 0 Å². The standard InChI is InChI=1S/C77H132N2O55/c1-18-22(5)116-29(12-85)55(37(18)92)127-68-19(2)38(93)58(31(14-87)120-68)130-73-54(109)62(131-75-65(51(106)44(99)27(10-83)119-75)133-70-21(4)40(95)57(32(15-88)122-70)129-72-53(108)61(46(101)28(11-84)117-72)126-63-48(103)36(79)59(41(96)24(90)7-80)125-66(63)67(110)111)47(102)33(123-73)16-114-74-64(50(105)43(98)26(9-82)118-74)132-69-20(3)39(94)56(30(13-86)121-69)128-71-52(107)49(104)45(100)34(124-71)17-115-77(76(112)113)6-23(89)35(78)60(134-77)42(97)25(91)8-81/h18-66,68-75,80-109H,6-17,78-79H2,1-5H3,(H,110,111)(H,112,113)/t18-,19?,20?,21+,22+,23-,24-,25-,26?,27-,28?,29?,30+,31?,32?,33?,34?,35-,36-,37?,38-,39?,40?,41-,42-,43-,44-,45+,46+,47-,48?,49?,50?,51?,52+,53+,54-,55-,56-,57-,58-,59?,60?,61?,62?,63+,64-,65?,66-,68+,69+,70+,71+,72+,73+,74+,75-,77-/m1/s1. The second-order valence-electron chi connectivity index (χ2n) is 35.6. The molecule has 134 heavy (non-hydrogen) atoms. The first-order valence-electron chi connectivity index (χ1n) is 43.7. The first kappa shape index (κ1) is 111. The van der Waals surface area contributed by atoms with Crippen LogP contribution >= 0.6 is 0 Å². The number of nitrogens with two attached hydrogens (primary N) is 2. The summed E-state index contributed by atoms with van der Waals surface area (Å²) in [6.07, 6.45) is -102. The van der Waals surface area contributed by atoms with Crippen molar-refractivity contribution < 1.29 is 272 Å². The summed E-state index contributed by atoms with van der Waals surface area (Å²) in [6, 6.07) is -3.39. The van der Waals surface area contributed by atoms with Crippen molar-refractivity contribution in [2.75, 3.05) is 72.7 Å². The van der Waals surface area contributed by atoms with Crippen molar-refractivity contribution in [1.29, 1.82) is 0 Å². The van der Waals surface area contributed by atoms with E-state index >= 15 is 0 Å². The molecule has 11 fully saturated rings. The van der Waals surface area contributed by atoms with Crippen LogP contribution in [0.25, 0.3) is 0 Å². The summed E-state index contributed by atoms with van der Waals surface area (Å²) in [5, 5.41) is 355. The zero-order chi connectivity index (χ0) is 98.9. The van der Waals surface area contributed by atoms with Crippen molar-refractivity contribution in [3.05, 3.63) is 0 Å². The van der Waals surface area contributed by atoms with E-state index in [1.54, 1.807) is 13.8 Å². The number of ether oxygens (including phenoxy) is 21. The van der Waals surface area contributed by atoms with Crippen LogP contribution in [0.5, 0.6) is 0 Å². The number of aliphatic hydroxyl groups is 30.